The number of benzene rings is 2. The molecule has 0 unspecified atom stereocenters. The summed E-state index contributed by atoms with van der Waals surface area (Å²) < 4.78 is 11.3. The van der Waals surface area contributed by atoms with Crippen molar-refractivity contribution in [1.82, 2.24) is 0 Å². The summed E-state index contributed by atoms with van der Waals surface area (Å²) in [7, 11) is 1.61. The van der Waals surface area contributed by atoms with Gasteiger partial charge in [-0.05, 0) is 55.7 Å². The molecule has 1 aliphatic rings. The van der Waals surface area contributed by atoms with Crippen molar-refractivity contribution in [3.63, 3.8) is 0 Å². The highest BCUT2D eigenvalue weighted by Crippen LogP contribution is 2.31. The topological polar surface area (TPSA) is 51.1 Å². The quantitative estimate of drug-likeness (QED) is 0.676. The molecule has 0 aliphatic carbocycles. The van der Waals surface area contributed by atoms with Gasteiger partial charge in [0.25, 0.3) is 5.91 Å². The highest BCUT2D eigenvalue weighted by molar-refractivity contribution is 6.32. The number of hydrazone groups is 1. The summed E-state index contributed by atoms with van der Waals surface area (Å²) in [4.78, 5) is 12.9. The summed E-state index contributed by atoms with van der Waals surface area (Å²) in [6, 6.07) is 13.4. The minimum atomic E-state index is -0.138. The molecule has 0 saturated carbocycles. The van der Waals surface area contributed by atoms with E-state index in [1.54, 1.807) is 7.11 Å². The van der Waals surface area contributed by atoms with Gasteiger partial charge in [0.15, 0.2) is 11.5 Å². The van der Waals surface area contributed by atoms with Crippen LogP contribution in [0.5, 0.6) is 11.5 Å². The molecule has 0 fully saturated rings. The molecule has 1 heterocycles. The van der Waals surface area contributed by atoms with Crippen molar-refractivity contribution in [3.8, 4) is 11.5 Å². The molecule has 0 atom stereocenters. The van der Waals surface area contributed by atoms with Crippen molar-refractivity contribution >= 4 is 23.4 Å². The standard InChI is InChI=1S/C23H26N2O3/c1-15(2)14-28-21-11-8-18(13-22(21)27-5)12-20-17(4)24-25(23(20)26)19-9-6-16(3)7-10-19/h6-13,15H,14H2,1-5H3. The van der Waals surface area contributed by atoms with Crippen molar-refractivity contribution in [3.05, 3.63) is 59.2 Å². The molecule has 0 radical (unpaired) electrons. The number of anilines is 1. The van der Waals surface area contributed by atoms with E-state index in [1.807, 2.05) is 62.4 Å². The third-order valence-electron chi connectivity index (χ3n) is 4.41. The molecular weight excluding hydrogens is 352 g/mol. The smallest absolute Gasteiger partial charge is 0.280 e. The van der Waals surface area contributed by atoms with Crippen LogP contribution in [0, 0.1) is 12.8 Å². The van der Waals surface area contributed by atoms with Crippen LogP contribution in [0.15, 0.2) is 53.1 Å². The van der Waals surface area contributed by atoms with Crippen LogP contribution >= 0.6 is 0 Å². The van der Waals surface area contributed by atoms with Gasteiger partial charge in [-0.15, -0.1) is 0 Å². The minimum Gasteiger partial charge on any atom is -0.493 e. The van der Waals surface area contributed by atoms with Crippen molar-refractivity contribution in [2.45, 2.75) is 27.7 Å². The number of methoxy groups -OCH3 is 1. The zero-order valence-electron chi connectivity index (χ0n) is 17.0. The zero-order valence-corrected chi connectivity index (χ0v) is 17.0. The number of ether oxygens (including phenoxy) is 2. The maximum absolute atomic E-state index is 12.9. The highest BCUT2D eigenvalue weighted by Gasteiger charge is 2.28. The van der Waals surface area contributed by atoms with Gasteiger partial charge >= 0.3 is 0 Å². The molecule has 5 heteroatoms. The maximum Gasteiger partial charge on any atom is 0.280 e. The Morgan fingerprint density at radius 1 is 1.07 bits per heavy atom. The van der Waals surface area contributed by atoms with E-state index in [-0.39, 0.29) is 5.91 Å². The van der Waals surface area contributed by atoms with Gasteiger partial charge in [-0.25, -0.2) is 0 Å². The fourth-order valence-electron chi connectivity index (χ4n) is 2.86. The lowest BCUT2D eigenvalue weighted by Gasteiger charge is -2.13. The number of hydrogen-bond donors (Lipinski definition) is 0. The summed E-state index contributed by atoms with van der Waals surface area (Å²) in [6.07, 6.45) is 1.84. The Kier molecular flexibility index (Phi) is 5.83. The number of carbonyl (C=O) groups is 1. The molecule has 1 amide bonds. The van der Waals surface area contributed by atoms with Crippen LogP contribution in [0.2, 0.25) is 0 Å². The minimum absolute atomic E-state index is 0.138. The van der Waals surface area contributed by atoms with Gasteiger partial charge in [-0.1, -0.05) is 37.6 Å². The molecule has 0 aromatic heterocycles. The Morgan fingerprint density at radius 3 is 2.43 bits per heavy atom. The number of amides is 1. The second kappa shape index (κ2) is 8.30. The number of aryl methyl sites for hydroxylation is 1. The van der Waals surface area contributed by atoms with E-state index in [1.165, 1.54) is 5.01 Å². The Morgan fingerprint density at radius 2 is 1.79 bits per heavy atom. The van der Waals surface area contributed by atoms with E-state index >= 15 is 0 Å². The number of nitrogens with zero attached hydrogens (tertiary/aromatic N) is 2. The maximum atomic E-state index is 12.9. The van der Waals surface area contributed by atoms with E-state index in [0.29, 0.717) is 35.3 Å². The summed E-state index contributed by atoms with van der Waals surface area (Å²) in [5.74, 6) is 1.63. The summed E-state index contributed by atoms with van der Waals surface area (Å²) in [6.45, 7) is 8.66. The van der Waals surface area contributed by atoms with Crippen molar-refractivity contribution in [2.24, 2.45) is 11.0 Å². The first-order valence-corrected chi connectivity index (χ1v) is 9.38. The van der Waals surface area contributed by atoms with Gasteiger partial charge in [-0.2, -0.15) is 10.1 Å². The van der Waals surface area contributed by atoms with Crippen molar-refractivity contribution in [1.29, 1.82) is 0 Å². The lowest BCUT2D eigenvalue weighted by atomic mass is 10.1. The summed E-state index contributed by atoms with van der Waals surface area (Å²) in [5, 5.41) is 5.87. The number of rotatable bonds is 6. The van der Waals surface area contributed by atoms with Crippen LogP contribution in [0.4, 0.5) is 5.69 Å². The molecule has 2 aromatic carbocycles. The average Bonchev–Trinajstić information content (AvgIpc) is 2.95. The Labute approximate surface area is 166 Å². The molecule has 2 aromatic rings. The molecule has 28 heavy (non-hydrogen) atoms. The third kappa shape index (κ3) is 4.25. The predicted molar refractivity (Wildman–Crippen MR) is 113 cm³/mol. The largest absolute Gasteiger partial charge is 0.493 e. The van der Waals surface area contributed by atoms with Gasteiger partial charge in [0, 0.05) is 0 Å². The molecule has 0 bridgehead atoms. The van der Waals surface area contributed by atoms with E-state index < -0.39 is 0 Å². The van der Waals surface area contributed by atoms with Gasteiger partial charge in [0.05, 0.1) is 30.7 Å². The first kappa shape index (κ1) is 19.7. The molecule has 0 spiro atoms. The summed E-state index contributed by atoms with van der Waals surface area (Å²) in [5.41, 5.74) is 4.01. The van der Waals surface area contributed by atoms with Crippen molar-refractivity contribution in [2.75, 3.05) is 18.7 Å². The van der Waals surface area contributed by atoms with E-state index in [2.05, 4.69) is 18.9 Å². The fourth-order valence-corrected chi connectivity index (χ4v) is 2.86. The molecule has 146 valence electrons. The van der Waals surface area contributed by atoms with E-state index in [0.717, 1.165) is 16.8 Å². The van der Waals surface area contributed by atoms with Gasteiger partial charge in [0.2, 0.25) is 0 Å². The first-order chi connectivity index (χ1) is 13.4. The third-order valence-corrected chi connectivity index (χ3v) is 4.41. The molecule has 1 aliphatic heterocycles. The van der Waals surface area contributed by atoms with Gasteiger partial charge in [0.1, 0.15) is 0 Å². The molecule has 0 N–H and O–H groups in total. The first-order valence-electron chi connectivity index (χ1n) is 9.38. The molecule has 5 nitrogen and oxygen atoms in total. The normalized spacial score (nSPS) is 15.4. The van der Waals surface area contributed by atoms with E-state index in [4.69, 9.17) is 9.47 Å². The SMILES string of the molecule is COc1cc(C=C2C(=O)N(c3ccc(C)cc3)N=C2C)ccc1OCC(C)C. The van der Waals surface area contributed by atoms with Crippen LogP contribution in [-0.4, -0.2) is 25.3 Å². The number of carbonyl (C=O) groups excluding carboxylic acids is 1. The van der Waals surface area contributed by atoms with Crippen LogP contribution in [0.1, 0.15) is 31.9 Å². The molecule has 3 rings (SSSR count). The van der Waals surface area contributed by atoms with Crippen LogP contribution in [0.25, 0.3) is 6.08 Å². The lowest BCUT2D eigenvalue weighted by Crippen LogP contribution is -2.21. The Hall–Kier alpha value is -3.08. The van der Waals surface area contributed by atoms with Crippen LogP contribution in [-0.2, 0) is 4.79 Å². The Bertz CT molecular complexity index is 927. The zero-order chi connectivity index (χ0) is 20.3. The average molecular weight is 378 g/mol. The monoisotopic (exact) mass is 378 g/mol. The van der Waals surface area contributed by atoms with Crippen LogP contribution < -0.4 is 14.5 Å². The number of hydrogen-bond acceptors (Lipinski definition) is 4. The highest BCUT2D eigenvalue weighted by atomic mass is 16.5. The van der Waals surface area contributed by atoms with E-state index in [9.17, 15) is 4.79 Å². The Balaban J connectivity index is 1.86. The summed E-state index contributed by atoms with van der Waals surface area (Å²) >= 11 is 0. The second-order valence-corrected chi connectivity index (χ2v) is 7.31. The molecule has 0 saturated heterocycles. The predicted octanol–water partition coefficient (Wildman–Crippen LogP) is 4.84. The fraction of sp³-hybridized carbons (Fsp3) is 0.304. The van der Waals surface area contributed by atoms with Gasteiger partial charge in [-0.3, -0.25) is 4.79 Å². The van der Waals surface area contributed by atoms with Crippen molar-refractivity contribution < 1.29 is 14.3 Å². The van der Waals surface area contributed by atoms with Crippen LogP contribution in [0.3, 0.4) is 0 Å². The molecular formula is C23H26N2O3. The second-order valence-electron chi connectivity index (χ2n) is 7.31. The lowest BCUT2D eigenvalue weighted by molar-refractivity contribution is -0.114. The van der Waals surface area contributed by atoms with Gasteiger partial charge < -0.3 is 9.47 Å².